The molecule has 1 aromatic rings. The van der Waals surface area contributed by atoms with Gasteiger partial charge in [0.05, 0.1) is 5.02 Å². The lowest BCUT2D eigenvalue weighted by molar-refractivity contribution is -0.114. The molecule has 0 N–H and O–H groups in total. The van der Waals surface area contributed by atoms with Crippen molar-refractivity contribution in [1.82, 2.24) is 0 Å². The van der Waals surface area contributed by atoms with Gasteiger partial charge >= 0.3 is 0 Å². The normalized spacial score (nSPS) is 15.6. The van der Waals surface area contributed by atoms with Gasteiger partial charge in [0.15, 0.2) is 5.78 Å². The van der Waals surface area contributed by atoms with Gasteiger partial charge in [-0.3, -0.25) is 4.79 Å². The minimum Gasteiger partial charge on any atom is -0.295 e. The summed E-state index contributed by atoms with van der Waals surface area (Å²) in [5.74, 6) is -0.253. The van der Waals surface area contributed by atoms with Crippen LogP contribution in [0.1, 0.15) is 18.4 Å². The fraction of sp³-hybridized carbons (Fsp3) is 0.250. The molecular weight excluding hydrogens is 215 g/mol. The molecule has 1 nitrogen and oxygen atoms in total. The molecule has 2 rings (SSSR count). The molecule has 0 fully saturated rings. The van der Waals surface area contributed by atoms with Crippen LogP contribution in [0.3, 0.4) is 0 Å². The number of carbonyl (C=O) groups excluding carboxylic acids is 1. The Morgan fingerprint density at radius 3 is 2.80 bits per heavy atom. The number of allylic oxidation sites excluding steroid dienone is 2. The van der Waals surface area contributed by atoms with Gasteiger partial charge in [-0.2, -0.15) is 0 Å². The maximum Gasteiger partial charge on any atom is 0.155 e. The van der Waals surface area contributed by atoms with Crippen molar-refractivity contribution in [3.05, 3.63) is 46.3 Å². The summed E-state index contributed by atoms with van der Waals surface area (Å²) in [7, 11) is 0. The topological polar surface area (TPSA) is 17.1 Å². The van der Waals surface area contributed by atoms with Crippen LogP contribution in [0.2, 0.25) is 5.02 Å². The van der Waals surface area contributed by atoms with Gasteiger partial charge in [0.25, 0.3) is 0 Å². The van der Waals surface area contributed by atoms with Gasteiger partial charge in [-0.25, -0.2) is 4.39 Å². The summed E-state index contributed by atoms with van der Waals surface area (Å²) in [5, 5.41) is 0.165. The Labute approximate surface area is 92.6 Å². The van der Waals surface area contributed by atoms with Crippen LogP contribution in [0.5, 0.6) is 0 Å². The van der Waals surface area contributed by atoms with Crippen LogP contribution in [0.4, 0.5) is 4.39 Å². The molecule has 0 atom stereocenters. The third-order valence-electron chi connectivity index (χ3n) is 2.51. The highest BCUT2D eigenvalue weighted by atomic mass is 35.5. The predicted molar refractivity (Wildman–Crippen MR) is 57.4 cm³/mol. The summed E-state index contributed by atoms with van der Waals surface area (Å²) in [4.78, 5) is 11.0. The summed E-state index contributed by atoms with van der Waals surface area (Å²) in [6.07, 6.45) is 3.55. The molecule has 0 heterocycles. The Hall–Kier alpha value is -1.15. The minimum atomic E-state index is -0.404. The molecule has 3 heteroatoms. The quantitative estimate of drug-likeness (QED) is 0.753. The second-order valence-corrected chi connectivity index (χ2v) is 4.04. The van der Waals surface area contributed by atoms with E-state index in [2.05, 4.69) is 0 Å². The van der Waals surface area contributed by atoms with Gasteiger partial charge in [0, 0.05) is 6.42 Å². The zero-order valence-electron chi connectivity index (χ0n) is 8.09. The highest BCUT2D eigenvalue weighted by Crippen LogP contribution is 2.25. The molecule has 0 bridgehead atoms. The molecule has 0 amide bonds. The molecule has 15 heavy (non-hydrogen) atoms. The number of benzene rings is 1. The first-order valence-electron chi connectivity index (χ1n) is 4.82. The molecule has 78 valence electrons. The summed E-state index contributed by atoms with van der Waals surface area (Å²) in [5.41, 5.74) is 1.78. The Balaban J connectivity index is 2.21. The Morgan fingerprint density at radius 1 is 1.33 bits per heavy atom. The second-order valence-electron chi connectivity index (χ2n) is 3.66. The molecule has 1 aliphatic rings. The van der Waals surface area contributed by atoms with E-state index in [-0.39, 0.29) is 10.8 Å². The maximum atomic E-state index is 13.1. The summed E-state index contributed by atoms with van der Waals surface area (Å²) in [6.45, 7) is 0. The lowest BCUT2D eigenvalue weighted by Crippen LogP contribution is -1.91. The zero-order chi connectivity index (χ0) is 10.8. The van der Waals surface area contributed by atoms with Crippen molar-refractivity contribution >= 4 is 17.4 Å². The summed E-state index contributed by atoms with van der Waals surface area (Å²) in [6, 6.07) is 4.75. The Kier molecular flexibility index (Phi) is 2.87. The lowest BCUT2D eigenvalue weighted by Gasteiger charge is -2.05. The molecule has 0 aliphatic heterocycles. The summed E-state index contributed by atoms with van der Waals surface area (Å²) >= 11 is 5.82. The number of hydrogen-bond donors (Lipinski definition) is 0. The maximum absolute atomic E-state index is 13.1. The van der Waals surface area contributed by atoms with Crippen LogP contribution in [0.15, 0.2) is 29.8 Å². The minimum absolute atomic E-state index is 0.150. The average molecular weight is 225 g/mol. The van der Waals surface area contributed by atoms with E-state index in [0.717, 1.165) is 17.6 Å². The van der Waals surface area contributed by atoms with Crippen molar-refractivity contribution in [3.8, 4) is 0 Å². The largest absolute Gasteiger partial charge is 0.295 e. The third-order valence-corrected chi connectivity index (χ3v) is 2.93. The van der Waals surface area contributed by atoms with Crippen LogP contribution in [0, 0.1) is 5.82 Å². The van der Waals surface area contributed by atoms with E-state index in [4.69, 9.17) is 11.6 Å². The van der Waals surface area contributed by atoms with E-state index in [0.29, 0.717) is 12.8 Å². The third kappa shape index (κ3) is 2.26. The average Bonchev–Trinajstić information content (AvgIpc) is 2.59. The van der Waals surface area contributed by atoms with Crippen molar-refractivity contribution < 1.29 is 9.18 Å². The van der Waals surface area contributed by atoms with Crippen molar-refractivity contribution in [2.75, 3.05) is 0 Å². The number of halogens is 2. The van der Waals surface area contributed by atoms with Gasteiger partial charge in [0.2, 0.25) is 0 Å². The fourth-order valence-corrected chi connectivity index (χ4v) is 1.92. The first kappa shape index (κ1) is 10.4. The Bertz CT molecular complexity index is 437. The Morgan fingerprint density at radius 2 is 2.13 bits per heavy atom. The molecule has 0 aromatic heterocycles. The standard InChI is InChI=1S/C12H10ClFO/c13-12-9(2-1-3-11(12)14)6-8-4-5-10(15)7-8/h1-3,7H,4-6H2. The van der Waals surface area contributed by atoms with Gasteiger partial charge < -0.3 is 0 Å². The van der Waals surface area contributed by atoms with Gasteiger partial charge in [-0.05, 0) is 30.5 Å². The van der Waals surface area contributed by atoms with Gasteiger partial charge in [-0.15, -0.1) is 0 Å². The monoisotopic (exact) mass is 224 g/mol. The molecule has 1 aliphatic carbocycles. The number of carbonyl (C=O) groups is 1. The molecule has 0 saturated carbocycles. The first-order chi connectivity index (χ1) is 7.16. The zero-order valence-corrected chi connectivity index (χ0v) is 8.85. The molecule has 0 radical (unpaired) electrons. The fourth-order valence-electron chi connectivity index (χ4n) is 1.72. The lowest BCUT2D eigenvalue weighted by atomic mass is 10.0. The van der Waals surface area contributed by atoms with Crippen LogP contribution >= 0.6 is 11.6 Å². The SMILES string of the molecule is O=C1C=C(Cc2cccc(F)c2Cl)CC1. The number of ketones is 1. The number of hydrogen-bond acceptors (Lipinski definition) is 1. The van der Waals surface area contributed by atoms with Crippen LogP contribution in [-0.2, 0) is 11.2 Å². The van der Waals surface area contributed by atoms with E-state index < -0.39 is 5.82 Å². The molecule has 1 aromatic carbocycles. The molecule has 0 unspecified atom stereocenters. The van der Waals surface area contributed by atoms with Crippen molar-refractivity contribution in [3.63, 3.8) is 0 Å². The van der Waals surface area contributed by atoms with Crippen LogP contribution < -0.4 is 0 Å². The van der Waals surface area contributed by atoms with E-state index >= 15 is 0 Å². The highest BCUT2D eigenvalue weighted by molar-refractivity contribution is 6.31. The first-order valence-corrected chi connectivity index (χ1v) is 5.20. The predicted octanol–water partition coefficient (Wildman–Crippen LogP) is 3.31. The number of rotatable bonds is 2. The van der Waals surface area contributed by atoms with E-state index in [1.807, 2.05) is 0 Å². The van der Waals surface area contributed by atoms with Crippen molar-refractivity contribution in [2.24, 2.45) is 0 Å². The van der Waals surface area contributed by atoms with Gasteiger partial charge in [-0.1, -0.05) is 29.3 Å². The summed E-state index contributed by atoms with van der Waals surface area (Å²) < 4.78 is 13.1. The second kappa shape index (κ2) is 4.15. The van der Waals surface area contributed by atoms with E-state index in [9.17, 15) is 9.18 Å². The molecular formula is C12H10ClFO. The van der Waals surface area contributed by atoms with Crippen molar-refractivity contribution in [2.45, 2.75) is 19.3 Å². The smallest absolute Gasteiger partial charge is 0.155 e. The van der Waals surface area contributed by atoms with E-state index in [1.165, 1.54) is 6.07 Å². The van der Waals surface area contributed by atoms with E-state index in [1.54, 1.807) is 18.2 Å². The molecule has 0 saturated heterocycles. The van der Waals surface area contributed by atoms with Crippen LogP contribution in [0.25, 0.3) is 0 Å². The van der Waals surface area contributed by atoms with Crippen LogP contribution in [-0.4, -0.2) is 5.78 Å². The molecule has 0 spiro atoms. The van der Waals surface area contributed by atoms with Gasteiger partial charge in [0.1, 0.15) is 5.82 Å². The highest BCUT2D eigenvalue weighted by Gasteiger charge is 2.14. The van der Waals surface area contributed by atoms with Crippen molar-refractivity contribution in [1.29, 1.82) is 0 Å².